The van der Waals surface area contributed by atoms with Gasteiger partial charge < -0.3 is 9.47 Å². The Labute approximate surface area is 87.8 Å². The molecule has 0 aromatic heterocycles. The topological polar surface area (TPSA) is 52.6 Å². The molecule has 0 heterocycles. The second kappa shape index (κ2) is 4.59. The molecule has 0 aliphatic heterocycles. The first kappa shape index (κ1) is 11.2. The van der Waals surface area contributed by atoms with E-state index in [-0.39, 0.29) is 11.3 Å². The van der Waals surface area contributed by atoms with Gasteiger partial charge >= 0.3 is 5.97 Å². The molecule has 0 N–H and O–H groups in total. The standard InChI is InChI=1S/C11H12O4/c1-7(12)9-5-4-8(14-2)6-10(9)11(13)15-3/h4-6H,1-3H3. The van der Waals surface area contributed by atoms with Crippen molar-refractivity contribution >= 4 is 11.8 Å². The minimum absolute atomic E-state index is 0.182. The largest absolute Gasteiger partial charge is 0.497 e. The van der Waals surface area contributed by atoms with E-state index < -0.39 is 5.97 Å². The fourth-order valence-corrected chi connectivity index (χ4v) is 1.24. The number of ketones is 1. The number of hydrogen-bond donors (Lipinski definition) is 0. The van der Waals surface area contributed by atoms with Crippen LogP contribution >= 0.6 is 0 Å². The number of esters is 1. The quantitative estimate of drug-likeness (QED) is 0.560. The Bertz CT molecular complexity index is 396. The molecule has 0 unspecified atom stereocenters. The predicted molar refractivity (Wildman–Crippen MR) is 54.3 cm³/mol. The third-order valence-corrected chi connectivity index (χ3v) is 2.01. The van der Waals surface area contributed by atoms with E-state index in [1.807, 2.05) is 0 Å². The molecule has 0 saturated heterocycles. The molecule has 80 valence electrons. The Kier molecular flexibility index (Phi) is 3.44. The lowest BCUT2D eigenvalue weighted by Gasteiger charge is -2.07. The first-order chi connectivity index (χ1) is 7.10. The maximum absolute atomic E-state index is 11.4. The number of methoxy groups -OCH3 is 2. The van der Waals surface area contributed by atoms with Crippen LogP contribution in [0, 0.1) is 0 Å². The van der Waals surface area contributed by atoms with Gasteiger partial charge in [0.15, 0.2) is 5.78 Å². The van der Waals surface area contributed by atoms with Gasteiger partial charge in [0.25, 0.3) is 0 Å². The maximum atomic E-state index is 11.4. The van der Waals surface area contributed by atoms with Crippen LogP contribution in [0.15, 0.2) is 18.2 Å². The average molecular weight is 208 g/mol. The van der Waals surface area contributed by atoms with Crippen molar-refractivity contribution in [2.24, 2.45) is 0 Å². The first-order valence-corrected chi connectivity index (χ1v) is 4.37. The minimum atomic E-state index is -0.542. The van der Waals surface area contributed by atoms with Crippen molar-refractivity contribution in [2.45, 2.75) is 6.92 Å². The van der Waals surface area contributed by atoms with Gasteiger partial charge in [-0.05, 0) is 25.1 Å². The monoisotopic (exact) mass is 208 g/mol. The fourth-order valence-electron chi connectivity index (χ4n) is 1.24. The van der Waals surface area contributed by atoms with Gasteiger partial charge in [0, 0.05) is 5.56 Å². The highest BCUT2D eigenvalue weighted by molar-refractivity contribution is 6.05. The Hall–Kier alpha value is -1.84. The second-order valence-corrected chi connectivity index (χ2v) is 2.96. The third kappa shape index (κ3) is 2.34. The summed E-state index contributed by atoms with van der Waals surface area (Å²) < 4.78 is 9.55. The van der Waals surface area contributed by atoms with Crippen molar-refractivity contribution in [3.63, 3.8) is 0 Å². The highest BCUT2D eigenvalue weighted by Crippen LogP contribution is 2.18. The predicted octanol–water partition coefficient (Wildman–Crippen LogP) is 1.68. The summed E-state index contributed by atoms with van der Waals surface area (Å²) in [5.41, 5.74) is 0.562. The van der Waals surface area contributed by atoms with Gasteiger partial charge in [-0.2, -0.15) is 0 Å². The van der Waals surface area contributed by atoms with E-state index in [1.54, 1.807) is 12.1 Å². The highest BCUT2D eigenvalue weighted by Gasteiger charge is 2.15. The minimum Gasteiger partial charge on any atom is -0.497 e. The number of benzene rings is 1. The zero-order chi connectivity index (χ0) is 11.4. The van der Waals surface area contributed by atoms with Crippen molar-refractivity contribution in [3.05, 3.63) is 29.3 Å². The summed E-state index contributed by atoms with van der Waals surface area (Å²) in [6.07, 6.45) is 0. The molecule has 15 heavy (non-hydrogen) atoms. The van der Waals surface area contributed by atoms with Crippen LogP contribution in [0.2, 0.25) is 0 Å². The smallest absolute Gasteiger partial charge is 0.338 e. The van der Waals surface area contributed by atoms with Crippen LogP contribution in [0.1, 0.15) is 27.6 Å². The highest BCUT2D eigenvalue weighted by atomic mass is 16.5. The summed E-state index contributed by atoms with van der Waals surface area (Å²) >= 11 is 0. The molecule has 4 nitrogen and oxygen atoms in total. The van der Waals surface area contributed by atoms with E-state index in [2.05, 4.69) is 4.74 Å². The molecule has 0 fully saturated rings. The number of hydrogen-bond acceptors (Lipinski definition) is 4. The van der Waals surface area contributed by atoms with Crippen molar-refractivity contribution in [3.8, 4) is 5.75 Å². The van der Waals surface area contributed by atoms with E-state index >= 15 is 0 Å². The molecule has 0 amide bonds. The van der Waals surface area contributed by atoms with Crippen LogP contribution in [0.3, 0.4) is 0 Å². The number of rotatable bonds is 3. The summed E-state index contributed by atoms with van der Waals surface area (Å²) in [6, 6.07) is 4.67. The lowest BCUT2D eigenvalue weighted by molar-refractivity contribution is 0.0597. The number of carbonyl (C=O) groups excluding carboxylic acids is 2. The molecule has 0 aliphatic rings. The van der Waals surface area contributed by atoms with Crippen LogP contribution < -0.4 is 4.74 Å². The molecule has 0 bridgehead atoms. The van der Waals surface area contributed by atoms with Gasteiger partial charge in [0.05, 0.1) is 19.8 Å². The van der Waals surface area contributed by atoms with Crippen molar-refractivity contribution in [1.29, 1.82) is 0 Å². The third-order valence-electron chi connectivity index (χ3n) is 2.01. The number of Topliss-reactive ketones (excluding diaryl/α,β-unsaturated/α-hetero) is 1. The zero-order valence-electron chi connectivity index (χ0n) is 8.87. The van der Waals surface area contributed by atoms with Crippen LogP contribution in [0.25, 0.3) is 0 Å². The number of ether oxygens (including phenoxy) is 2. The van der Waals surface area contributed by atoms with Gasteiger partial charge in [-0.1, -0.05) is 0 Å². The molecular formula is C11H12O4. The normalized spacial score (nSPS) is 9.53. The summed E-state index contributed by atoms with van der Waals surface area (Å²) in [5, 5.41) is 0. The summed E-state index contributed by atoms with van der Waals surface area (Å²) in [4.78, 5) is 22.6. The maximum Gasteiger partial charge on any atom is 0.338 e. The van der Waals surface area contributed by atoms with Gasteiger partial charge in [0.1, 0.15) is 5.75 Å². The van der Waals surface area contributed by atoms with E-state index in [4.69, 9.17) is 4.74 Å². The lowest BCUT2D eigenvalue weighted by Crippen LogP contribution is -2.08. The molecule has 1 aromatic rings. The molecule has 1 rings (SSSR count). The van der Waals surface area contributed by atoms with Crippen LogP contribution in [-0.4, -0.2) is 26.0 Å². The second-order valence-electron chi connectivity index (χ2n) is 2.96. The molecule has 0 aliphatic carbocycles. The van der Waals surface area contributed by atoms with Crippen LogP contribution in [-0.2, 0) is 4.74 Å². The lowest BCUT2D eigenvalue weighted by atomic mass is 10.0. The molecular weight excluding hydrogens is 196 g/mol. The number of carbonyl (C=O) groups is 2. The summed E-state index contributed by atoms with van der Waals surface area (Å²) in [6.45, 7) is 1.40. The Balaban J connectivity index is 3.28. The Morgan fingerprint density at radius 2 is 1.80 bits per heavy atom. The van der Waals surface area contributed by atoms with E-state index in [0.717, 1.165) is 0 Å². The van der Waals surface area contributed by atoms with Crippen molar-refractivity contribution in [2.75, 3.05) is 14.2 Å². The Morgan fingerprint density at radius 3 is 2.27 bits per heavy atom. The molecule has 1 aromatic carbocycles. The van der Waals surface area contributed by atoms with Crippen LogP contribution in [0.5, 0.6) is 5.75 Å². The Morgan fingerprint density at radius 1 is 1.13 bits per heavy atom. The SMILES string of the molecule is COC(=O)c1cc(OC)ccc1C(C)=O. The summed E-state index contributed by atoms with van der Waals surface area (Å²) in [7, 11) is 2.76. The molecule has 0 saturated carbocycles. The fraction of sp³-hybridized carbons (Fsp3) is 0.273. The first-order valence-electron chi connectivity index (χ1n) is 4.37. The van der Waals surface area contributed by atoms with E-state index in [0.29, 0.717) is 11.3 Å². The van der Waals surface area contributed by atoms with E-state index in [9.17, 15) is 9.59 Å². The van der Waals surface area contributed by atoms with Gasteiger partial charge in [-0.3, -0.25) is 4.79 Å². The average Bonchev–Trinajstić information content (AvgIpc) is 2.26. The van der Waals surface area contributed by atoms with Gasteiger partial charge in [-0.25, -0.2) is 4.79 Å². The molecule has 0 radical (unpaired) electrons. The molecule has 0 atom stereocenters. The van der Waals surface area contributed by atoms with Gasteiger partial charge in [-0.15, -0.1) is 0 Å². The zero-order valence-corrected chi connectivity index (χ0v) is 8.87. The molecule has 0 spiro atoms. The van der Waals surface area contributed by atoms with E-state index in [1.165, 1.54) is 27.2 Å². The van der Waals surface area contributed by atoms with Crippen molar-refractivity contribution < 1.29 is 19.1 Å². The van der Waals surface area contributed by atoms with Crippen molar-refractivity contribution in [1.82, 2.24) is 0 Å². The van der Waals surface area contributed by atoms with Gasteiger partial charge in [0.2, 0.25) is 0 Å². The molecule has 4 heteroatoms. The summed E-state index contributed by atoms with van der Waals surface area (Å²) in [5.74, 6) is -0.211. The van der Waals surface area contributed by atoms with Crippen LogP contribution in [0.4, 0.5) is 0 Å².